The Balaban J connectivity index is 1.52. The van der Waals surface area contributed by atoms with Gasteiger partial charge in [-0.05, 0) is 48.9 Å². The van der Waals surface area contributed by atoms with Crippen molar-refractivity contribution >= 4 is 40.9 Å². The van der Waals surface area contributed by atoms with E-state index in [-0.39, 0.29) is 23.7 Å². The van der Waals surface area contributed by atoms with Gasteiger partial charge in [0.25, 0.3) is 5.91 Å². The van der Waals surface area contributed by atoms with Crippen LogP contribution in [0.3, 0.4) is 0 Å². The molecule has 1 aromatic rings. The third-order valence-corrected chi connectivity index (χ3v) is 10.9. The van der Waals surface area contributed by atoms with Gasteiger partial charge in [-0.25, -0.2) is 9.78 Å². The lowest BCUT2D eigenvalue weighted by molar-refractivity contribution is -0.143. The molecule has 1 unspecified atom stereocenters. The fourth-order valence-electron chi connectivity index (χ4n) is 7.00. The standard InChI is InChI=1S/C33H52N6O5S/c1-20(2)22-17-24(29(42)36-23(26(40)28(34)41)16-21-10-9-11-21)39(19-22)30(43)27(32(3,4)5)37-31(44)38-33(12-7-6-8-13-33)18-25-35-14-15-45-25/h14-15,20-24,27H,6-13,16-19H2,1-5H3,(H2,34,41)(H,36,42)(H2,37,38,44)/t22-,23?,24+,27-/m1/s1. The average Bonchev–Trinajstić information content (AvgIpc) is 3.62. The van der Waals surface area contributed by atoms with Crippen molar-refractivity contribution in [3.05, 3.63) is 16.6 Å². The van der Waals surface area contributed by atoms with Gasteiger partial charge >= 0.3 is 6.03 Å². The van der Waals surface area contributed by atoms with Gasteiger partial charge in [0.1, 0.15) is 12.1 Å². The molecule has 12 heteroatoms. The summed E-state index contributed by atoms with van der Waals surface area (Å²) in [6.07, 6.45) is 10.9. The number of ketones is 1. The summed E-state index contributed by atoms with van der Waals surface area (Å²) >= 11 is 1.57. The first-order valence-electron chi connectivity index (χ1n) is 16.6. The number of Topliss-reactive ketones (excluding diaryl/α,β-unsaturated/α-hetero) is 1. The van der Waals surface area contributed by atoms with Gasteiger partial charge in [-0.15, -0.1) is 11.3 Å². The highest BCUT2D eigenvalue weighted by Crippen LogP contribution is 2.35. The Morgan fingerprint density at radius 2 is 1.76 bits per heavy atom. The monoisotopic (exact) mass is 644 g/mol. The molecule has 5 amide bonds. The van der Waals surface area contributed by atoms with Crippen LogP contribution in [0.25, 0.3) is 0 Å². The van der Waals surface area contributed by atoms with E-state index in [0.29, 0.717) is 25.8 Å². The molecule has 250 valence electrons. The first-order chi connectivity index (χ1) is 21.2. The Bertz CT molecular complexity index is 1220. The van der Waals surface area contributed by atoms with E-state index in [1.807, 2.05) is 26.2 Å². The summed E-state index contributed by atoms with van der Waals surface area (Å²) in [5.41, 5.74) is 4.24. The number of rotatable bonds is 12. The average molecular weight is 645 g/mol. The molecule has 11 nitrogen and oxygen atoms in total. The van der Waals surface area contributed by atoms with E-state index in [4.69, 9.17) is 5.73 Å². The van der Waals surface area contributed by atoms with Crippen molar-refractivity contribution < 1.29 is 24.0 Å². The molecule has 3 fully saturated rings. The number of aromatic nitrogens is 1. The zero-order valence-corrected chi connectivity index (χ0v) is 28.3. The molecule has 0 bridgehead atoms. The highest BCUT2D eigenvalue weighted by molar-refractivity contribution is 7.09. The number of hydrogen-bond acceptors (Lipinski definition) is 7. The molecule has 2 saturated carbocycles. The smallest absolute Gasteiger partial charge is 0.315 e. The van der Waals surface area contributed by atoms with Crippen molar-refractivity contribution in [1.82, 2.24) is 25.8 Å². The van der Waals surface area contributed by atoms with Crippen LogP contribution in [0.1, 0.15) is 104 Å². The van der Waals surface area contributed by atoms with Crippen LogP contribution in [0.5, 0.6) is 0 Å². The lowest BCUT2D eigenvalue weighted by atomic mass is 9.79. The summed E-state index contributed by atoms with van der Waals surface area (Å²) in [5, 5.41) is 11.9. The minimum Gasteiger partial charge on any atom is -0.363 e. The van der Waals surface area contributed by atoms with Crippen molar-refractivity contribution in [2.75, 3.05) is 6.54 Å². The van der Waals surface area contributed by atoms with Gasteiger partial charge in [0.2, 0.25) is 17.6 Å². The van der Waals surface area contributed by atoms with Crippen LogP contribution in [0, 0.1) is 23.2 Å². The van der Waals surface area contributed by atoms with Gasteiger partial charge in [0.05, 0.1) is 11.0 Å². The number of carbonyl (C=O) groups is 5. The fraction of sp³-hybridized carbons (Fsp3) is 0.758. The van der Waals surface area contributed by atoms with Gasteiger partial charge in [-0.2, -0.15) is 0 Å². The molecule has 5 N–H and O–H groups in total. The van der Waals surface area contributed by atoms with Gasteiger partial charge < -0.3 is 26.6 Å². The largest absolute Gasteiger partial charge is 0.363 e. The molecule has 1 saturated heterocycles. The Kier molecular flexibility index (Phi) is 11.3. The molecule has 0 spiro atoms. The molecule has 2 heterocycles. The van der Waals surface area contributed by atoms with E-state index >= 15 is 0 Å². The molecular formula is C33H52N6O5S. The normalized spacial score (nSPS) is 23.1. The number of likely N-dealkylation sites (tertiary alicyclic amines) is 1. The minimum atomic E-state index is -1.08. The highest BCUT2D eigenvalue weighted by atomic mass is 32.1. The van der Waals surface area contributed by atoms with E-state index in [1.54, 1.807) is 22.4 Å². The van der Waals surface area contributed by atoms with Crippen molar-refractivity contribution in [2.24, 2.45) is 28.9 Å². The van der Waals surface area contributed by atoms with Gasteiger partial charge in [0.15, 0.2) is 0 Å². The zero-order valence-electron chi connectivity index (χ0n) is 27.5. The number of amides is 5. The van der Waals surface area contributed by atoms with E-state index in [1.165, 1.54) is 0 Å². The predicted molar refractivity (Wildman–Crippen MR) is 173 cm³/mol. The topological polar surface area (TPSA) is 164 Å². The predicted octanol–water partition coefficient (Wildman–Crippen LogP) is 3.70. The molecule has 0 radical (unpaired) electrons. The number of carbonyl (C=O) groups excluding carboxylic acids is 5. The molecule has 1 aromatic heterocycles. The summed E-state index contributed by atoms with van der Waals surface area (Å²) in [6.45, 7) is 10.2. The quantitative estimate of drug-likeness (QED) is 0.254. The third kappa shape index (κ3) is 8.83. The van der Waals surface area contributed by atoms with Crippen LogP contribution in [0.15, 0.2) is 11.6 Å². The second-order valence-electron chi connectivity index (χ2n) is 14.9. The summed E-state index contributed by atoms with van der Waals surface area (Å²) in [7, 11) is 0. The number of thiazole rings is 1. The molecule has 45 heavy (non-hydrogen) atoms. The van der Waals surface area contributed by atoms with Crippen LogP contribution < -0.4 is 21.7 Å². The number of hydrogen-bond donors (Lipinski definition) is 4. The molecule has 1 aliphatic heterocycles. The second-order valence-corrected chi connectivity index (χ2v) is 15.9. The van der Waals surface area contributed by atoms with Crippen LogP contribution in [0.2, 0.25) is 0 Å². The lowest BCUT2D eigenvalue weighted by Crippen LogP contribution is -2.62. The van der Waals surface area contributed by atoms with Crippen molar-refractivity contribution in [3.63, 3.8) is 0 Å². The maximum absolute atomic E-state index is 14.4. The molecule has 0 aromatic carbocycles. The summed E-state index contributed by atoms with van der Waals surface area (Å²) in [4.78, 5) is 72.3. The van der Waals surface area contributed by atoms with Crippen LogP contribution in [0.4, 0.5) is 4.79 Å². The zero-order chi connectivity index (χ0) is 32.9. The SMILES string of the molecule is CC(C)[C@@H]1C[C@@H](C(=O)NC(CC2CCC2)C(=O)C(N)=O)N(C(=O)[C@@H](NC(=O)NC2(Cc3nccs3)CCCCC2)C(C)(C)C)C1. The molecular weight excluding hydrogens is 592 g/mol. The maximum Gasteiger partial charge on any atom is 0.315 e. The molecule has 2 aliphatic carbocycles. The number of nitrogens with two attached hydrogens (primary N) is 1. The number of nitrogens with zero attached hydrogens (tertiary/aromatic N) is 2. The van der Waals surface area contributed by atoms with E-state index in [9.17, 15) is 24.0 Å². The summed E-state index contributed by atoms with van der Waals surface area (Å²) in [6, 6.07) is -3.16. The van der Waals surface area contributed by atoms with Crippen molar-refractivity contribution in [2.45, 2.75) is 129 Å². The Morgan fingerprint density at radius 1 is 1.07 bits per heavy atom. The van der Waals surface area contributed by atoms with Crippen LogP contribution in [-0.4, -0.2) is 69.6 Å². The summed E-state index contributed by atoms with van der Waals surface area (Å²) < 4.78 is 0. The van der Waals surface area contributed by atoms with E-state index in [0.717, 1.165) is 56.4 Å². The Morgan fingerprint density at radius 3 is 2.29 bits per heavy atom. The lowest BCUT2D eigenvalue weighted by Gasteiger charge is -2.40. The number of primary amides is 1. The first kappa shape index (κ1) is 34.8. The first-order valence-corrected chi connectivity index (χ1v) is 17.5. The Labute approximate surface area is 271 Å². The number of urea groups is 1. The highest BCUT2D eigenvalue weighted by Gasteiger charge is 2.47. The molecule has 4 rings (SSSR count). The molecule has 3 aliphatic rings. The van der Waals surface area contributed by atoms with E-state index < -0.39 is 52.7 Å². The van der Waals surface area contributed by atoms with Gasteiger partial charge in [-0.3, -0.25) is 19.2 Å². The van der Waals surface area contributed by atoms with Crippen molar-refractivity contribution in [3.8, 4) is 0 Å². The molecule has 4 atom stereocenters. The maximum atomic E-state index is 14.4. The van der Waals surface area contributed by atoms with Gasteiger partial charge in [0, 0.05) is 30.1 Å². The van der Waals surface area contributed by atoms with Crippen molar-refractivity contribution in [1.29, 1.82) is 0 Å². The minimum absolute atomic E-state index is 0.0554. The van der Waals surface area contributed by atoms with Gasteiger partial charge in [-0.1, -0.05) is 73.1 Å². The van der Waals surface area contributed by atoms with E-state index in [2.05, 4.69) is 34.8 Å². The summed E-state index contributed by atoms with van der Waals surface area (Å²) in [5.74, 6) is -2.18. The number of nitrogens with one attached hydrogen (secondary N) is 3. The fourth-order valence-corrected chi connectivity index (χ4v) is 7.76. The van der Waals surface area contributed by atoms with Crippen LogP contribution in [-0.2, 0) is 25.6 Å². The second kappa shape index (κ2) is 14.6. The van der Waals surface area contributed by atoms with Crippen LogP contribution >= 0.6 is 11.3 Å². The Hall–Kier alpha value is -3.02. The third-order valence-electron chi connectivity index (χ3n) is 10.1.